The summed E-state index contributed by atoms with van der Waals surface area (Å²) in [6, 6.07) is 13.8. The largest absolute Gasteiger partial charge is 0.350 e. The van der Waals surface area contributed by atoms with Gasteiger partial charge in [0, 0.05) is 11.4 Å². The van der Waals surface area contributed by atoms with E-state index >= 15 is 0 Å². The van der Waals surface area contributed by atoms with Crippen LogP contribution in [-0.2, 0) is 21.2 Å². The molecule has 5 nitrogen and oxygen atoms in total. The van der Waals surface area contributed by atoms with Crippen LogP contribution in [0.4, 0.5) is 0 Å². The fraction of sp³-hybridized carbons (Fsp3) is 0.278. The highest BCUT2D eigenvalue weighted by atomic mass is 35.5. The number of rotatable bonds is 7. The second kappa shape index (κ2) is 8.47. The number of nitrogens with one attached hydrogen (secondary N) is 2. The van der Waals surface area contributed by atoms with Crippen LogP contribution in [0.15, 0.2) is 53.4 Å². The van der Waals surface area contributed by atoms with Crippen molar-refractivity contribution < 1.29 is 13.2 Å². The van der Waals surface area contributed by atoms with E-state index in [-0.39, 0.29) is 16.8 Å². The monoisotopic (exact) mass is 380 g/mol. The van der Waals surface area contributed by atoms with Crippen molar-refractivity contribution in [2.75, 3.05) is 7.05 Å². The molecule has 0 aliphatic heterocycles. The van der Waals surface area contributed by atoms with Crippen molar-refractivity contribution >= 4 is 27.5 Å². The molecule has 1 amide bonds. The topological polar surface area (TPSA) is 75.3 Å². The number of carbonyl (C=O) groups excluding carboxylic acids is 1. The lowest BCUT2D eigenvalue weighted by Gasteiger charge is -2.14. The molecular formula is C18H21ClN2O3S. The van der Waals surface area contributed by atoms with Crippen molar-refractivity contribution in [3.8, 4) is 0 Å². The first-order valence-electron chi connectivity index (χ1n) is 7.89. The van der Waals surface area contributed by atoms with Gasteiger partial charge in [-0.05, 0) is 55.8 Å². The summed E-state index contributed by atoms with van der Waals surface area (Å²) in [6.07, 6.45) is 0.858. The molecular weight excluding hydrogens is 360 g/mol. The smallest absolute Gasteiger partial charge is 0.240 e. The maximum atomic E-state index is 12.1. The molecule has 7 heteroatoms. The summed E-state index contributed by atoms with van der Waals surface area (Å²) in [5.74, 6) is -0.0700. The van der Waals surface area contributed by atoms with Crippen molar-refractivity contribution in [2.24, 2.45) is 0 Å². The molecule has 0 heterocycles. The quantitative estimate of drug-likeness (QED) is 0.775. The van der Waals surface area contributed by atoms with E-state index in [1.807, 2.05) is 25.1 Å². The van der Waals surface area contributed by atoms with Crippen molar-refractivity contribution in [1.82, 2.24) is 10.0 Å². The molecule has 1 unspecified atom stereocenters. The first kappa shape index (κ1) is 19.4. The van der Waals surface area contributed by atoms with Gasteiger partial charge in [0.25, 0.3) is 0 Å². The van der Waals surface area contributed by atoms with Crippen LogP contribution in [0.3, 0.4) is 0 Å². The predicted molar refractivity (Wildman–Crippen MR) is 99.0 cm³/mol. The molecule has 2 aromatic carbocycles. The Morgan fingerprint density at radius 3 is 2.44 bits per heavy atom. The van der Waals surface area contributed by atoms with Crippen molar-refractivity contribution in [3.05, 3.63) is 64.7 Å². The molecule has 2 rings (SSSR count). The van der Waals surface area contributed by atoms with Gasteiger partial charge >= 0.3 is 0 Å². The number of amides is 1. The Hall–Kier alpha value is -1.89. The standard InChI is InChI=1S/C18H21ClN2O3S/c1-13(15-4-3-5-16(19)12-15)21-18(22)11-8-14-6-9-17(10-7-14)25(23,24)20-2/h3-7,9-10,12-13,20H,8,11H2,1-2H3,(H,21,22). The SMILES string of the molecule is CNS(=O)(=O)c1ccc(CCC(=O)NC(C)c2cccc(Cl)c2)cc1. The van der Waals surface area contributed by atoms with Gasteiger partial charge in [0.05, 0.1) is 10.9 Å². The lowest BCUT2D eigenvalue weighted by Crippen LogP contribution is -2.26. The number of hydrogen-bond donors (Lipinski definition) is 2. The molecule has 0 aromatic heterocycles. The van der Waals surface area contributed by atoms with Crippen LogP contribution in [0.1, 0.15) is 30.5 Å². The van der Waals surface area contributed by atoms with E-state index in [0.29, 0.717) is 17.9 Å². The Morgan fingerprint density at radius 2 is 1.84 bits per heavy atom. The predicted octanol–water partition coefficient (Wildman–Crippen LogP) is 3.06. The van der Waals surface area contributed by atoms with Gasteiger partial charge in [-0.15, -0.1) is 0 Å². The zero-order valence-electron chi connectivity index (χ0n) is 14.1. The number of carbonyl (C=O) groups is 1. The van der Waals surface area contributed by atoms with Crippen LogP contribution < -0.4 is 10.0 Å². The summed E-state index contributed by atoms with van der Waals surface area (Å²) in [7, 11) is -2.07. The van der Waals surface area contributed by atoms with Gasteiger partial charge in [-0.25, -0.2) is 13.1 Å². The molecule has 0 bridgehead atoms. The minimum Gasteiger partial charge on any atom is -0.350 e. The Morgan fingerprint density at radius 1 is 1.16 bits per heavy atom. The molecule has 0 saturated heterocycles. The maximum absolute atomic E-state index is 12.1. The van der Waals surface area contributed by atoms with Crippen LogP contribution in [-0.4, -0.2) is 21.4 Å². The third-order valence-corrected chi connectivity index (χ3v) is 5.53. The summed E-state index contributed by atoms with van der Waals surface area (Å²) in [5.41, 5.74) is 1.85. The molecule has 25 heavy (non-hydrogen) atoms. The highest BCUT2D eigenvalue weighted by Gasteiger charge is 2.12. The summed E-state index contributed by atoms with van der Waals surface area (Å²) in [6.45, 7) is 1.90. The zero-order chi connectivity index (χ0) is 18.4. The van der Waals surface area contributed by atoms with Gasteiger partial charge in [0.2, 0.25) is 15.9 Å². The number of benzene rings is 2. The van der Waals surface area contributed by atoms with Crippen molar-refractivity contribution in [1.29, 1.82) is 0 Å². The highest BCUT2D eigenvalue weighted by molar-refractivity contribution is 7.89. The van der Waals surface area contributed by atoms with Gasteiger partial charge in [0.1, 0.15) is 0 Å². The number of hydrogen-bond acceptors (Lipinski definition) is 3. The fourth-order valence-corrected chi connectivity index (χ4v) is 3.31. The average molecular weight is 381 g/mol. The van der Waals surface area contributed by atoms with Crippen LogP contribution in [0, 0.1) is 0 Å². The van der Waals surface area contributed by atoms with E-state index in [9.17, 15) is 13.2 Å². The Kier molecular flexibility index (Phi) is 6.58. The van der Waals surface area contributed by atoms with Crippen molar-refractivity contribution in [2.45, 2.75) is 30.7 Å². The van der Waals surface area contributed by atoms with Crippen LogP contribution >= 0.6 is 11.6 Å². The van der Waals surface area contributed by atoms with E-state index in [4.69, 9.17) is 11.6 Å². The molecule has 1 atom stereocenters. The van der Waals surface area contributed by atoms with E-state index in [0.717, 1.165) is 11.1 Å². The zero-order valence-corrected chi connectivity index (χ0v) is 15.7. The Labute approximate surface area is 153 Å². The van der Waals surface area contributed by atoms with E-state index in [1.54, 1.807) is 18.2 Å². The first-order valence-corrected chi connectivity index (χ1v) is 9.75. The van der Waals surface area contributed by atoms with Gasteiger partial charge in [-0.2, -0.15) is 0 Å². The lowest BCUT2D eigenvalue weighted by atomic mass is 10.1. The average Bonchev–Trinajstić information content (AvgIpc) is 2.60. The minimum atomic E-state index is -3.44. The van der Waals surface area contributed by atoms with E-state index < -0.39 is 10.0 Å². The molecule has 134 valence electrons. The van der Waals surface area contributed by atoms with E-state index in [1.165, 1.54) is 19.2 Å². The summed E-state index contributed by atoms with van der Waals surface area (Å²) >= 11 is 5.96. The Bertz CT molecular complexity index is 836. The van der Waals surface area contributed by atoms with Gasteiger partial charge in [-0.3, -0.25) is 4.79 Å². The van der Waals surface area contributed by atoms with Gasteiger partial charge in [0.15, 0.2) is 0 Å². The Balaban J connectivity index is 1.89. The lowest BCUT2D eigenvalue weighted by molar-refractivity contribution is -0.121. The van der Waals surface area contributed by atoms with Crippen molar-refractivity contribution in [3.63, 3.8) is 0 Å². The molecule has 0 spiro atoms. The second-order valence-electron chi connectivity index (χ2n) is 5.70. The van der Waals surface area contributed by atoms with Gasteiger partial charge < -0.3 is 5.32 Å². The summed E-state index contributed by atoms with van der Waals surface area (Å²) < 4.78 is 25.6. The summed E-state index contributed by atoms with van der Waals surface area (Å²) in [4.78, 5) is 12.3. The highest BCUT2D eigenvalue weighted by Crippen LogP contribution is 2.17. The fourth-order valence-electron chi connectivity index (χ4n) is 2.38. The number of halogens is 1. The third kappa shape index (κ3) is 5.56. The molecule has 0 fully saturated rings. The normalized spacial score (nSPS) is 12.6. The minimum absolute atomic E-state index is 0.0700. The van der Waals surface area contributed by atoms with Crippen LogP contribution in [0.2, 0.25) is 5.02 Å². The third-order valence-electron chi connectivity index (χ3n) is 3.87. The second-order valence-corrected chi connectivity index (χ2v) is 8.02. The van der Waals surface area contributed by atoms with Crippen LogP contribution in [0.5, 0.6) is 0 Å². The number of aryl methyl sites for hydroxylation is 1. The van der Waals surface area contributed by atoms with Crippen LogP contribution in [0.25, 0.3) is 0 Å². The molecule has 2 aromatic rings. The molecule has 0 aliphatic carbocycles. The number of sulfonamides is 1. The van der Waals surface area contributed by atoms with E-state index in [2.05, 4.69) is 10.0 Å². The molecule has 0 radical (unpaired) electrons. The molecule has 2 N–H and O–H groups in total. The summed E-state index contributed by atoms with van der Waals surface area (Å²) in [5, 5.41) is 3.57. The maximum Gasteiger partial charge on any atom is 0.240 e. The molecule has 0 aliphatic rings. The first-order chi connectivity index (χ1) is 11.8. The van der Waals surface area contributed by atoms with Gasteiger partial charge in [-0.1, -0.05) is 35.9 Å². The molecule has 0 saturated carbocycles.